The van der Waals surface area contributed by atoms with Crippen LogP contribution in [0.5, 0.6) is 5.75 Å². The van der Waals surface area contributed by atoms with Crippen LogP contribution in [-0.2, 0) is 6.54 Å². The molecule has 4 heteroatoms. The molecule has 0 radical (unpaired) electrons. The van der Waals surface area contributed by atoms with Gasteiger partial charge in [0.05, 0.1) is 5.39 Å². The molecule has 3 rings (SSSR count). The molecule has 1 aromatic carbocycles. The lowest BCUT2D eigenvalue weighted by Gasteiger charge is -1.98. The number of hydrogen-bond acceptors (Lipinski definition) is 2. The second-order valence-electron chi connectivity index (χ2n) is 4.44. The number of nitrogens with one attached hydrogen (secondary N) is 2. The number of aromatic nitrogens is 2. The van der Waals surface area contributed by atoms with Crippen molar-refractivity contribution in [1.82, 2.24) is 9.97 Å². The van der Waals surface area contributed by atoms with Crippen LogP contribution in [0, 0.1) is 6.92 Å². The highest BCUT2D eigenvalue weighted by Crippen LogP contribution is 2.34. The quantitative estimate of drug-likeness (QED) is 0.556. The number of phenolic OH excluding ortho intramolecular Hbond substituents is 1. The maximum Gasteiger partial charge on any atom is 0.125 e. The number of nitrogens with two attached hydrogens (primary N) is 1. The molecule has 0 aliphatic rings. The summed E-state index contributed by atoms with van der Waals surface area (Å²) in [5.74, 6) is 0.283. The van der Waals surface area contributed by atoms with E-state index in [0.29, 0.717) is 6.54 Å². The Labute approximate surface area is 104 Å². The van der Waals surface area contributed by atoms with E-state index < -0.39 is 0 Å². The molecule has 2 heterocycles. The van der Waals surface area contributed by atoms with Crippen LogP contribution in [0.2, 0.25) is 0 Å². The van der Waals surface area contributed by atoms with Gasteiger partial charge < -0.3 is 20.8 Å². The van der Waals surface area contributed by atoms with Crippen molar-refractivity contribution in [3.8, 4) is 17.0 Å². The molecule has 5 N–H and O–H groups in total. The third-order valence-corrected chi connectivity index (χ3v) is 3.32. The third-order valence-electron chi connectivity index (χ3n) is 3.32. The van der Waals surface area contributed by atoms with Gasteiger partial charge in [-0.25, -0.2) is 0 Å². The molecule has 0 amide bonds. The van der Waals surface area contributed by atoms with Gasteiger partial charge in [0, 0.05) is 35.2 Å². The molecule has 3 aromatic rings. The first-order valence-electron chi connectivity index (χ1n) is 5.88. The summed E-state index contributed by atoms with van der Waals surface area (Å²) in [6, 6.07) is 7.49. The van der Waals surface area contributed by atoms with Crippen molar-refractivity contribution >= 4 is 10.9 Å². The minimum Gasteiger partial charge on any atom is -0.507 e. The first kappa shape index (κ1) is 10.9. The fraction of sp³-hybridized carbons (Fsp3) is 0.143. The van der Waals surface area contributed by atoms with Gasteiger partial charge in [-0.1, -0.05) is 6.07 Å². The van der Waals surface area contributed by atoms with E-state index in [-0.39, 0.29) is 5.75 Å². The number of rotatable bonds is 2. The van der Waals surface area contributed by atoms with Gasteiger partial charge in [0.15, 0.2) is 0 Å². The van der Waals surface area contributed by atoms with Gasteiger partial charge in [-0.05, 0) is 30.7 Å². The highest BCUT2D eigenvalue weighted by Gasteiger charge is 2.12. The Balaban J connectivity index is 2.25. The summed E-state index contributed by atoms with van der Waals surface area (Å²) in [5, 5.41) is 10.8. The predicted molar refractivity (Wildman–Crippen MR) is 72.4 cm³/mol. The Hall–Kier alpha value is -2.20. The number of aromatic amines is 2. The molecule has 4 nitrogen and oxygen atoms in total. The zero-order valence-corrected chi connectivity index (χ0v) is 10.1. The standard InChI is InChI=1S/C14H15N3O/c1-8-9(6-15)5-12(17-8)10-7-16-11-3-2-4-13(18)14(10)11/h2-5,7,16-18H,6,15H2,1H3. The maximum atomic E-state index is 9.98. The van der Waals surface area contributed by atoms with E-state index >= 15 is 0 Å². The van der Waals surface area contributed by atoms with E-state index in [0.717, 1.165) is 33.4 Å². The minimum atomic E-state index is 0.283. The molecule has 2 aromatic heterocycles. The highest BCUT2D eigenvalue weighted by atomic mass is 16.3. The van der Waals surface area contributed by atoms with Crippen LogP contribution in [0.4, 0.5) is 0 Å². The van der Waals surface area contributed by atoms with Gasteiger partial charge >= 0.3 is 0 Å². The Morgan fingerprint density at radius 1 is 1.33 bits per heavy atom. The largest absolute Gasteiger partial charge is 0.507 e. The lowest BCUT2D eigenvalue weighted by Crippen LogP contribution is -1.95. The Bertz CT molecular complexity index is 709. The van der Waals surface area contributed by atoms with Crippen molar-refractivity contribution in [2.24, 2.45) is 5.73 Å². The molecular weight excluding hydrogens is 226 g/mol. The lowest BCUT2D eigenvalue weighted by atomic mass is 10.1. The molecule has 0 fully saturated rings. The molecule has 0 saturated heterocycles. The van der Waals surface area contributed by atoms with Crippen LogP contribution in [0.15, 0.2) is 30.5 Å². The molecular formula is C14H15N3O. The topological polar surface area (TPSA) is 77.8 Å². The Kier molecular flexibility index (Phi) is 2.38. The Morgan fingerprint density at radius 2 is 2.17 bits per heavy atom. The fourth-order valence-electron chi connectivity index (χ4n) is 2.34. The van der Waals surface area contributed by atoms with Gasteiger partial charge in [0.1, 0.15) is 5.75 Å². The minimum absolute atomic E-state index is 0.283. The zero-order chi connectivity index (χ0) is 12.7. The summed E-state index contributed by atoms with van der Waals surface area (Å²) in [4.78, 5) is 6.47. The van der Waals surface area contributed by atoms with Crippen molar-refractivity contribution in [2.45, 2.75) is 13.5 Å². The van der Waals surface area contributed by atoms with Crippen molar-refractivity contribution in [3.05, 3.63) is 41.7 Å². The van der Waals surface area contributed by atoms with E-state index in [9.17, 15) is 5.11 Å². The molecule has 0 atom stereocenters. The summed E-state index contributed by atoms with van der Waals surface area (Å²) in [5.41, 5.74) is 10.7. The van der Waals surface area contributed by atoms with Gasteiger partial charge in [-0.15, -0.1) is 0 Å². The van der Waals surface area contributed by atoms with Gasteiger partial charge in [-0.2, -0.15) is 0 Å². The highest BCUT2D eigenvalue weighted by molar-refractivity contribution is 5.99. The third kappa shape index (κ3) is 1.50. The molecule has 0 bridgehead atoms. The molecule has 18 heavy (non-hydrogen) atoms. The van der Waals surface area contributed by atoms with E-state index in [4.69, 9.17) is 5.73 Å². The summed E-state index contributed by atoms with van der Waals surface area (Å²) < 4.78 is 0. The lowest BCUT2D eigenvalue weighted by molar-refractivity contribution is 0.482. The maximum absolute atomic E-state index is 9.98. The van der Waals surface area contributed by atoms with Crippen molar-refractivity contribution in [3.63, 3.8) is 0 Å². The zero-order valence-electron chi connectivity index (χ0n) is 10.1. The number of hydrogen-bond donors (Lipinski definition) is 4. The van der Waals surface area contributed by atoms with Crippen LogP contribution in [0.1, 0.15) is 11.3 Å². The van der Waals surface area contributed by atoms with Crippen LogP contribution in [0.3, 0.4) is 0 Å². The van der Waals surface area contributed by atoms with E-state index in [1.165, 1.54) is 0 Å². The van der Waals surface area contributed by atoms with E-state index in [1.54, 1.807) is 6.07 Å². The second-order valence-corrected chi connectivity index (χ2v) is 4.44. The van der Waals surface area contributed by atoms with Crippen LogP contribution in [-0.4, -0.2) is 15.1 Å². The van der Waals surface area contributed by atoms with Gasteiger partial charge in [0.25, 0.3) is 0 Å². The monoisotopic (exact) mass is 241 g/mol. The molecule has 0 aliphatic heterocycles. The number of benzene rings is 1. The molecule has 0 spiro atoms. The SMILES string of the molecule is Cc1[nH]c(-c2c[nH]c3cccc(O)c23)cc1CN. The summed E-state index contributed by atoms with van der Waals surface area (Å²) in [6.07, 6.45) is 1.90. The van der Waals surface area contributed by atoms with Crippen LogP contribution < -0.4 is 5.73 Å². The average Bonchev–Trinajstić information content (AvgIpc) is 2.93. The molecule has 92 valence electrons. The summed E-state index contributed by atoms with van der Waals surface area (Å²) in [7, 11) is 0. The predicted octanol–water partition coefficient (Wildman–Crippen LogP) is 2.64. The summed E-state index contributed by atoms with van der Waals surface area (Å²) in [6.45, 7) is 2.51. The molecule has 0 unspecified atom stereocenters. The number of fused-ring (bicyclic) bond motifs is 1. The number of aromatic hydroxyl groups is 1. The second kappa shape index (κ2) is 3.92. The number of H-pyrrole nitrogens is 2. The van der Waals surface area contributed by atoms with Crippen LogP contribution in [0.25, 0.3) is 22.2 Å². The van der Waals surface area contributed by atoms with E-state index in [2.05, 4.69) is 9.97 Å². The first-order chi connectivity index (χ1) is 8.70. The summed E-state index contributed by atoms with van der Waals surface area (Å²) >= 11 is 0. The van der Waals surface area contributed by atoms with Crippen molar-refractivity contribution < 1.29 is 5.11 Å². The number of phenols is 1. The van der Waals surface area contributed by atoms with Crippen molar-refractivity contribution in [1.29, 1.82) is 0 Å². The fourth-order valence-corrected chi connectivity index (χ4v) is 2.34. The normalized spacial score (nSPS) is 11.2. The van der Waals surface area contributed by atoms with Crippen LogP contribution >= 0.6 is 0 Å². The first-order valence-corrected chi connectivity index (χ1v) is 5.88. The Morgan fingerprint density at radius 3 is 2.89 bits per heavy atom. The number of aryl methyl sites for hydroxylation is 1. The molecule has 0 aliphatic carbocycles. The average molecular weight is 241 g/mol. The van der Waals surface area contributed by atoms with Crippen molar-refractivity contribution in [2.75, 3.05) is 0 Å². The van der Waals surface area contributed by atoms with E-state index in [1.807, 2.05) is 31.3 Å². The smallest absolute Gasteiger partial charge is 0.125 e. The molecule has 0 saturated carbocycles. The van der Waals surface area contributed by atoms with Gasteiger partial charge in [0.2, 0.25) is 0 Å². The van der Waals surface area contributed by atoms with Gasteiger partial charge in [-0.3, -0.25) is 0 Å².